The largest absolute Gasteiger partial charge is 0.478 e. The fraction of sp³-hybridized carbons (Fsp3) is 0.103. The number of urea groups is 1. The number of nitrogens with one attached hydrogen (secondary N) is 1. The molecule has 0 aliphatic rings. The third-order valence-corrected chi connectivity index (χ3v) is 6.79. The normalized spacial score (nSPS) is 10.5. The Morgan fingerprint density at radius 3 is 2.11 bits per heavy atom. The highest BCUT2D eigenvalue weighted by molar-refractivity contribution is 7.99. The maximum absolute atomic E-state index is 12.8. The molecule has 0 unspecified atom stereocenters. The Labute approximate surface area is 215 Å². The van der Waals surface area contributed by atoms with E-state index in [1.165, 1.54) is 11.8 Å². The van der Waals surface area contributed by atoms with Gasteiger partial charge in [0.25, 0.3) is 0 Å². The molecule has 2 amide bonds. The number of amides is 2. The first-order valence-corrected chi connectivity index (χ1v) is 12.2. The van der Waals surface area contributed by atoms with Gasteiger partial charge in [0.1, 0.15) is 0 Å². The second-order valence-corrected chi connectivity index (χ2v) is 9.52. The second-order valence-electron chi connectivity index (χ2n) is 8.41. The number of hydrogen-bond donors (Lipinski definition) is 2. The Balaban J connectivity index is 1.46. The van der Waals surface area contributed by atoms with Crippen molar-refractivity contribution in [2.24, 2.45) is 0 Å². The minimum Gasteiger partial charge on any atom is -0.478 e. The van der Waals surface area contributed by atoms with Crippen molar-refractivity contribution in [3.63, 3.8) is 0 Å². The average Bonchev–Trinajstić information content (AvgIpc) is 2.89. The summed E-state index contributed by atoms with van der Waals surface area (Å²) in [7, 11) is 5.68. The van der Waals surface area contributed by atoms with E-state index in [2.05, 4.69) is 5.32 Å². The SMILES string of the molecule is CN(C)c1ccc(NC(=O)N(C)c2cccc(-c3ccc(Sc4ccccc4C(=O)O)cc3)c2)cc1. The van der Waals surface area contributed by atoms with Crippen molar-refractivity contribution in [1.82, 2.24) is 0 Å². The molecule has 6 nitrogen and oxygen atoms in total. The summed E-state index contributed by atoms with van der Waals surface area (Å²) < 4.78 is 0. The number of rotatable bonds is 7. The predicted molar refractivity (Wildman–Crippen MR) is 148 cm³/mol. The lowest BCUT2D eigenvalue weighted by Gasteiger charge is -2.19. The van der Waals surface area contributed by atoms with Gasteiger partial charge in [0, 0.05) is 48.0 Å². The zero-order chi connectivity index (χ0) is 25.7. The summed E-state index contributed by atoms with van der Waals surface area (Å²) in [6.45, 7) is 0. The zero-order valence-electron chi connectivity index (χ0n) is 20.3. The smallest absolute Gasteiger partial charge is 0.336 e. The lowest BCUT2D eigenvalue weighted by molar-refractivity contribution is 0.0693. The average molecular weight is 498 g/mol. The predicted octanol–water partition coefficient (Wildman–Crippen LogP) is 6.94. The minimum atomic E-state index is -0.940. The number of benzene rings is 4. The second kappa shape index (κ2) is 11.0. The molecule has 36 heavy (non-hydrogen) atoms. The maximum atomic E-state index is 12.8. The number of carbonyl (C=O) groups excluding carboxylic acids is 1. The van der Waals surface area contributed by atoms with Crippen LogP contribution >= 0.6 is 11.8 Å². The van der Waals surface area contributed by atoms with Gasteiger partial charge in [-0.25, -0.2) is 9.59 Å². The van der Waals surface area contributed by atoms with E-state index in [0.29, 0.717) is 4.90 Å². The van der Waals surface area contributed by atoms with E-state index in [4.69, 9.17) is 0 Å². The van der Waals surface area contributed by atoms with E-state index in [0.717, 1.165) is 33.1 Å². The van der Waals surface area contributed by atoms with Gasteiger partial charge in [-0.2, -0.15) is 0 Å². The standard InChI is InChI=1S/C29H27N3O3S/c1-31(2)23-15-13-22(14-16-23)30-29(35)32(3)24-8-6-7-21(19-24)20-11-17-25(18-12-20)36-27-10-5-4-9-26(27)28(33)34/h4-19H,1-3H3,(H,30,35)(H,33,34). The molecule has 0 atom stereocenters. The molecule has 0 radical (unpaired) electrons. The molecule has 0 saturated heterocycles. The Bertz CT molecular complexity index is 1370. The van der Waals surface area contributed by atoms with Gasteiger partial charge < -0.3 is 15.3 Å². The molecular formula is C29H27N3O3S. The maximum Gasteiger partial charge on any atom is 0.336 e. The summed E-state index contributed by atoms with van der Waals surface area (Å²) in [5.74, 6) is -0.940. The van der Waals surface area contributed by atoms with Gasteiger partial charge in [-0.1, -0.05) is 48.2 Å². The van der Waals surface area contributed by atoms with Crippen LogP contribution in [-0.2, 0) is 0 Å². The molecule has 0 saturated carbocycles. The van der Waals surface area contributed by atoms with Crippen LogP contribution in [0, 0.1) is 0 Å². The monoisotopic (exact) mass is 497 g/mol. The lowest BCUT2D eigenvalue weighted by atomic mass is 10.1. The van der Waals surface area contributed by atoms with E-state index in [-0.39, 0.29) is 11.6 Å². The van der Waals surface area contributed by atoms with Gasteiger partial charge >= 0.3 is 12.0 Å². The van der Waals surface area contributed by atoms with Crippen LogP contribution < -0.4 is 15.1 Å². The summed E-state index contributed by atoms with van der Waals surface area (Å²) in [4.78, 5) is 29.5. The van der Waals surface area contributed by atoms with Crippen LogP contribution in [0.2, 0.25) is 0 Å². The topological polar surface area (TPSA) is 72.9 Å². The molecule has 0 spiro atoms. The van der Waals surface area contributed by atoms with Crippen LogP contribution in [0.1, 0.15) is 10.4 Å². The number of carboxylic acids is 1. The van der Waals surface area contributed by atoms with Gasteiger partial charge in [0.05, 0.1) is 5.56 Å². The number of anilines is 3. The van der Waals surface area contributed by atoms with Crippen molar-refractivity contribution in [1.29, 1.82) is 0 Å². The fourth-order valence-corrected chi connectivity index (χ4v) is 4.57. The summed E-state index contributed by atoms with van der Waals surface area (Å²) in [6, 6.07) is 30.1. The van der Waals surface area contributed by atoms with Gasteiger partial charge in [-0.3, -0.25) is 4.90 Å². The van der Waals surface area contributed by atoms with Gasteiger partial charge in [-0.05, 0) is 71.8 Å². The molecule has 0 fully saturated rings. The minimum absolute atomic E-state index is 0.228. The van der Waals surface area contributed by atoms with E-state index in [1.807, 2.05) is 104 Å². The van der Waals surface area contributed by atoms with Gasteiger partial charge in [0.15, 0.2) is 0 Å². The van der Waals surface area contributed by atoms with E-state index >= 15 is 0 Å². The van der Waals surface area contributed by atoms with Crippen molar-refractivity contribution >= 4 is 40.8 Å². The van der Waals surface area contributed by atoms with E-state index in [1.54, 1.807) is 24.1 Å². The van der Waals surface area contributed by atoms with Crippen molar-refractivity contribution < 1.29 is 14.7 Å². The molecule has 182 valence electrons. The molecular weight excluding hydrogens is 470 g/mol. The van der Waals surface area contributed by atoms with Crippen LogP contribution in [0.5, 0.6) is 0 Å². The fourth-order valence-electron chi connectivity index (χ4n) is 3.64. The summed E-state index contributed by atoms with van der Waals surface area (Å²) in [5, 5.41) is 12.3. The molecule has 0 aliphatic carbocycles. The zero-order valence-corrected chi connectivity index (χ0v) is 21.1. The van der Waals surface area contributed by atoms with Crippen molar-refractivity contribution in [2.45, 2.75) is 9.79 Å². The molecule has 4 aromatic carbocycles. The third-order valence-electron chi connectivity index (χ3n) is 5.71. The molecule has 0 aliphatic heterocycles. The van der Waals surface area contributed by atoms with Gasteiger partial charge in [0.2, 0.25) is 0 Å². The summed E-state index contributed by atoms with van der Waals surface area (Å²) in [6.07, 6.45) is 0. The summed E-state index contributed by atoms with van der Waals surface area (Å²) >= 11 is 1.42. The highest BCUT2D eigenvalue weighted by Crippen LogP contribution is 2.33. The van der Waals surface area contributed by atoms with Crippen LogP contribution in [0.4, 0.5) is 21.9 Å². The Morgan fingerprint density at radius 2 is 1.44 bits per heavy atom. The quantitative estimate of drug-likeness (QED) is 0.289. The van der Waals surface area contributed by atoms with E-state index < -0.39 is 5.97 Å². The molecule has 0 aromatic heterocycles. The number of hydrogen-bond acceptors (Lipinski definition) is 4. The summed E-state index contributed by atoms with van der Waals surface area (Å²) in [5.41, 5.74) is 4.82. The first kappa shape index (κ1) is 24.9. The molecule has 4 aromatic rings. The number of nitrogens with zero attached hydrogens (tertiary/aromatic N) is 2. The Kier molecular flexibility index (Phi) is 7.61. The molecule has 0 heterocycles. The van der Waals surface area contributed by atoms with Crippen LogP contribution in [0.3, 0.4) is 0 Å². The third kappa shape index (κ3) is 5.87. The first-order valence-electron chi connectivity index (χ1n) is 11.3. The van der Waals surface area contributed by atoms with Crippen LogP contribution in [-0.4, -0.2) is 38.2 Å². The van der Waals surface area contributed by atoms with E-state index in [9.17, 15) is 14.7 Å². The van der Waals surface area contributed by atoms with Crippen molar-refractivity contribution in [3.8, 4) is 11.1 Å². The lowest BCUT2D eigenvalue weighted by Crippen LogP contribution is -2.31. The van der Waals surface area contributed by atoms with Crippen molar-refractivity contribution in [3.05, 3.63) is 103 Å². The Morgan fingerprint density at radius 1 is 0.750 bits per heavy atom. The molecule has 0 bridgehead atoms. The van der Waals surface area contributed by atoms with Crippen LogP contribution in [0.25, 0.3) is 11.1 Å². The molecule has 7 heteroatoms. The van der Waals surface area contributed by atoms with Crippen LogP contribution in [0.15, 0.2) is 107 Å². The molecule has 2 N–H and O–H groups in total. The highest BCUT2D eigenvalue weighted by Gasteiger charge is 2.13. The van der Waals surface area contributed by atoms with Gasteiger partial charge in [-0.15, -0.1) is 0 Å². The number of carbonyl (C=O) groups is 2. The first-order chi connectivity index (χ1) is 17.3. The number of carboxylic acid groups (broad SMARTS) is 1. The Hall–Kier alpha value is -4.23. The number of aromatic carboxylic acids is 1. The molecule has 4 rings (SSSR count). The highest BCUT2D eigenvalue weighted by atomic mass is 32.2. The van der Waals surface area contributed by atoms with Crippen molar-refractivity contribution in [2.75, 3.05) is 36.3 Å².